The smallest absolute Gasteiger partial charge is 0.308 e. The summed E-state index contributed by atoms with van der Waals surface area (Å²) in [4.78, 5) is 0. The molecule has 0 spiro atoms. The number of benzene rings is 9. The molecule has 12 rings (SSSR count). The third kappa shape index (κ3) is 13.2. The average Bonchev–Trinajstić information content (AvgIpc) is 1.58. The minimum atomic E-state index is -5.48. The molecule has 0 aliphatic heterocycles. The number of halogens is 27. The van der Waals surface area contributed by atoms with Crippen molar-refractivity contribution >= 4 is 49.2 Å². The Morgan fingerprint density at radius 1 is 0.327 bits per heavy atom. The molecule has 0 amide bonds. The van der Waals surface area contributed by atoms with Gasteiger partial charge in [0.05, 0.1) is 89.4 Å². The molecule has 0 saturated heterocycles. The lowest BCUT2D eigenvalue weighted by Crippen LogP contribution is -2.37. The van der Waals surface area contributed by atoms with Crippen LogP contribution in [0.4, 0.5) is 119 Å². The van der Waals surface area contributed by atoms with Gasteiger partial charge < -0.3 is 9.13 Å². The Balaban J connectivity index is 1.29. The van der Waals surface area contributed by atoms with E-state index in [1.165, 1.54) is 0 Å². The van der Waals surface area contributed by atoms with Gasteiger partial charge in [0.1, 0.15) is 0 Å². The minimum absolute atomic E-state index is 0.144. The minimum Gasteiger partial charge on any atom is -0.308 e. The van der Waals surface area contributed by atoms with E-state index < -0.39 is 207 Å². The lowest BCUT2D eigenvalue weighted by atomic mass is 9.75. The maximum Gasteiger partial charge on any atom is 0.416 e. The molecule has 0 N–H and O–H groups in total. The highest BCUT2D eigenvalue weighted by Crippen LogP contribution is 2.54. The molecule has 522 valence electrons. The molecule has 30 heteroatoms. The summed E-state index contributed by atoms with van der Waals surface area (Å²) in [5, 5.41) is 10.5. The van der Waals surface area contributed by atoms with Crippen LogP contribution in [0.1, 0.15) is 63.4 Å². The van der Waals surface area contributed by atoms with Crippen LogP contribution in [0.15, 0.2) is 182 Å². The molecule has 1 aliphatic rings. The van der Waals surface area contributed by atoms with E-state index in [0.29, 0.717) is 43.3 Å². The lowest BCUT2D eigenvalue weighted by molar-refractivity contribution is -0.203. The van der Waals surface area contributed by atoms with E-state index >= 15 is 13.2 Å². The van der Waals surface area contributed by atoms with Crippen molar-refractivity contribution < 1.29 is 119 Å². The number of hydrogen-bond acceptors (Lipinski definition) is 1. The summed E-state index contributed by atoms with van der Waals surface area (Å²) in [6.07, 6.45) is -49.9. The Morgan fingerprint density at radius 2 is 0.634 bits per heavy atom. The molecule has 101 heavy (non-hydrogen) atoms. The first-order chi connectivity index (χ1) is 46.5. The molecule has 2 heterocycles. The van der Waals surface area contributed by atoms with Crippen LogP contribution in [-0.2, 0) is 43.2 Å². The van der Waals surface area contributed by atoms with E-state index in [-0.39, 0.29) is 64.0 Å². The summed E-state index contributed by atoms with van der Waals surface area (Å²) in [6, 6.07) is 19.5. The zero-order valence-corrected chi connectivity index (χ0v) is 50.0. The monoisotopic (exact) mass is 1440 g/mol. The van der Waals surface area contributed by atoms with Crippen molar-refractivity contribution in [3.8, 4) is 62.0 Å². The number of hydrogen-bond donors (Lipinski definition) is 0. The summed E-state index contributed by atoms with van der Waals surface area (Å²) in [7, 11) is 0. The van der Waals surface area contributed by atoms with E-state index in [1.54, 1.807) is 6.07 Å². The molecule has 9 aromatic carbocycles. The second kappa shape index (κ2) is 23.4. The van der Waals surface area contributed by atoms with Crippen LogP contribution in [0.3, 0.4) is 0 Å². The Labute approximate surface area is 548 Å². The molecular formula is C71H34F27N3. The van der Waals surface area contributed by atoms with Crippen LogP contribution < -0.4 is 0 Å². The van der Waals surface area contributed by atoms with Crippen molar-refractivity contribution in [3.05, 3.63) is 232 Å². The van der Waals surface area contributed by atoms with Gasteiger partial charge in [0.15, 0.2) is 0 Å². The summed E-state index contributed by atoms with van der Waals surface area (Å²) in [5.41, 5.74) is -27.9. The quantitative estimate of drug-likeness (QED) is 0.146. The topological polar surface area (TPSA) is 33.6 Å². The molecule has 0 fully saturated rings. The Bertz CT molecular complexity index is 5100. The van der Waals surface area contributed by atoms with Gasteiger partial charge >= 0.3 is 55.6 Å². The molecular weight excluding hydrogens is 1410 g/mol. The molecule has 1 unspecified atom stereocenters. The van der Waals surface area contributed by atoms with Crippen molar-refractivity contribution in [2.75, 3.05) is 0 Å². The van der Waals surface area contributed by atoms with Crippen LogP contribution in [0.25, 0.3) is 105 Å². The molecule has 2 aromatic heterocycles. The lowest BCUT2D eigenvalue weighted by Gasteiger charge is -2.34. The molecule has 11 aromatic rings. The van der Waals surface area contributed by atoms with E-state index in [2.05, 4.69) is 0 Å². The standard InChI is InChI=1S/C71H34F27N3/c1-62(71(96,97)98)30-42(22-50(31-62)70(93,94)95)37-8-12-54-53-11-7-36(41-20-48(68(87,88)89)29-49(21-41)69(90,91)92)25-57(53)101(58(54)26-37)60-14-33(32-99)13-59(61(60)38-3-2-4-43(15-38)63(72,73)74)100-55-23-34(39-16-44(64(75,76)77)27-45(17-39)65(78,79)80)5-9-51(55)52-10-6-35(24-56(52)100)40-18-46(66(81,82)83)28-47(19-40)67(84,85)86/h2-30H,31H2,1H3. The number of rotatable bonds is 7. The number of fused-ring (bicyclic) bond motifs is 6. The zero-order chi connectivity index (χ0) is 73.8. The van der Waals surface area contributed by atoms with Gasteiger partial charge in [0.25, 0.3) is 0 Å². The van der Waals surface area contributed by atoms with E-state index in [9.17, 15) is 111 Å². The van der Waals surface area contributed by atoms with Crippen molar-refractivity contribution in [2.45, 2.75) is 68.9 Å². The van der Waals surface area contributed by atoms with Gasteiger partial charge in [-0.3, -0.25) is 0 Å². The Kier molecular flexibility index (Phi) is 16.3. The third-order valence-electron chi connectivity index (χ3n) is 17.2. The first-order valence-corrected chi connectivity index (χ1v) is 28.9. The van der Waals surface area contributed by atoms with Crippen molar-refractivity contribution in [2.24, 2.45) is 5.41 Å². The second-order valence-corrected chi connectivity index (χ2v) is 23.9. The van der Waals surface area contributed by atoms with Crippen LogP contribution in [0.2, 0.25) is 0 Å². The van der Waals surface area contributed by atoms with Crippen molar-refractivity contribution in [1.82, 2.24) is 9.13 Å². The maximum atomic E-state index is 15.2. The predicted octanol–water partition coefficient (Wildman–Crippen LogP) is 25.4. The van der Waals surface area contributed by atoms with Gasteiger partial charge in [-0.1, -0.05) is 66.7 Å². The first kappa shape index (κ1) is 70.5. The summed E-state index contributed by atoms with van der Waals surface area (Å²) in [6.45, 7) is 0.441. The fourth-order valence-electron chi connectivity index (χ4n) is 12.4. The molecule has 3 nitrogen and oxygen atoms in total. The number of nitriles is 1. The highest BCUT2D eigenvalue weighted by molar-refractivity contribution is 6.14. The van der Waals surface area contributed by atoms with Gasteiger partial charge in [-0.15, -0.1) is 0 Å². The number of aromatic nitrogens is 2. The van der Waals surface area contributed by atoms with Crippen LogP contribution in [0, 0.1) is 16.7 Å². The Hall–Kier alpha value is -10.3. The summed E-state index contributed by atoms with van der Waals surface area (Å²) < 4.78 is 398. The molecule has 0 radical (unpaired) electrons. The van der Waals surface area contributed by atoms with Crippen molar-refractivity contribution in [3.63, 3.8) is 0 Å². The highest BCUT2D eigenvalue weighted by Gasteiger charge is 2.54. The number of nitrogens with zero attached hydrogens (tertiary/aromatic N) is 3. The zero-order valence-electron chi connectivity index (χ0n) is 50.0. The second-order valence-electron chi connectivity index (χ2n) is 23.9. The van der Waals surface area contributed by atoms with Crippen LogP contribution >= 0.6 is 0 Å². The normalized spacial score (nSPS) is 15.6. The third-order valence-corrected chi connectivity index (χ3v) is 17.2. The van der Waals surface area contributed by atoms with Crippen LogP contribution in [0.5, 0.6) is 0 Å². The van der Waals surface area contributed by atoms with Gasteiger partial charge in [-0.2, -0.15) is 124 Å². The summed E-state index contributed by atoms with van der Waals surface area (Å²) >= 11 is 0. The first-order valence-electron chi connectivity index (χ1n) is 28.9. The van der Waals surface area contributed by atoms with Crippen LogP contribution in [-0.4, -0.2) is 21.5 Å². The maximum absolute atomic E-state index is 15.2. The fourth-order valence-corrected chi connectivity index (χ4v) is 12.4. The molecule has 0 bridgehead atoms. The van der Waals surface area contributed by atoms with Crippen molar-refractivity contribution in [1.29, 1.82) is 5.26 Å². The molecule has 1 aliphatic carbocycles. The SMILES string of the molecule is CC1(C(F)(F)F)C=C(c2ccc3c4ccc(-c5cc(C(F)(F)F)cc(C(F)(F)F)c5)cc4n(-c4cc(C#N)cc(-n5c6cc(-c7cc(C(F)(F)F)cc(C(F)(F)F)c7)ccc6c6ccc(-c7cc(C(F)(F)F)cc(C(F)(F)F)c7)cc65)c4-c4cccc(C(F)(F)F)c4)c3c2)C=C(C(F)(F)F)C1. The average molecular weight is 1440 g/mol. The number of allylic oxidation sites excluding steroid dienone is 4. The van der Waals surface area contributed by atoms with Gasteiger partial charge in [0.2, 0.25) is 0 Å². The summed E-state index contributed by atoms with van der Waals surface area (Å²) in [5.74, 6) is 0. The van der Waals surface area contributed by atoms with Gasteiger partial charge in [-0.05, 0) is 173 Å². The van der Waals surface area contributed by atoms with E-state index in [0.717, 1.165) is 106 Å². The fraction of sp³-hybridized carbons (Fsp3) is 0.169. The van der Waals surface area contributed by atoms with Gasteiger partial charge in [0, 0.05) is 32.7 Å². The molecule has 0 saturated carbocycles. The van der Waals surface area contributed by atoms with E-state index in [4.69, 9.17) is 0 Å². The van der Waals surface area contributed by atoms with Gasteiger partial charge in [-0.25, -0.2) is 0 Å². The number of alkyl halides is 27. The van der Waals surface area contributed by atoms with E-state index in [1.807, 2.05) is 0 Å². The largest absolute Gasteiger partial charge is 0.416 e. The predicted molar refractivity (Wildman–Crippen MR) is 317 cm³/mol. The Morgan fingerprint density at radius 3 is 0.931 bits per heavy atom. The highest BCUT2D eigenvalue weighted by atomic mass is 19.4. The molecule has 1 atom stereocenters.